The zero-order valence-corrected chi connectivity index (χ0v) is 13.9. The molecule has 118 valence electrons. The molecule has 0 saturated carbocycles. The van der Waals surface area contributed by atoms with Crippen LogP contribution in [0.5, 0.6) is 0 Å². The summed E-state index contributed by atoms with van der Waals surface area (Å²) in [6.07, 6.45) is 3.29. The monoisotopic (exact) mass is 346 g/mol. The Bertz CT molecular complexity index is 884. The van der Waals surface area contributed by atoms with Crippen LogP contribution in [-0.2, 0) is 6.42 Å². The third-order valence-electron chi connectivity index (χ3n) is 4.16. The number of carbonyl (C=O) groups is 1. The smallest absolute Gasteiger partial charge is 0.407 e. The molecule has 0 fully saturated rings. The summed E-state index contributed by atoms with van der Waals surface area (Å²) in [5.41, 5.74) is 9.24. The number of hydrogen-bond acceptors (Lipinski definition) is 6. The van der Waals surface area contributed by atoms with Crippen LogP contribution in [0.3, 0.4) is 0 Å². The van der Waals surface area contributed by atoms with Gasteiger partial charge in [0.05, 0.1) is 21.9 Å². The minimum Gasteiger partial charge on any atom is -0.465 e. The lowest BCUT2D eigenvalue weighted by atomic mass is 9.99. The second kappa shape index (κ2) is 5.17. The van der Waals surface area contributed by atoms with Gasteiger partial charge >= 0.3 is 6.09 Å². The largest absolute Gasteiger partial charge is 0.465 e. The highest BCUT2D eigenvalue weighted by atomic mass is 32.1. The maximum atomic E-state index is 11.3. The van der Waals surface area contributed by atoms with Crippen molar-refractivity contribution in [2.45, 2.75) is 19.4 Å². The first-order chi connectivity index (χ1) is 11.1. The van der Waals surface area contributed by atoms with Crippen molar-refractivity contribution < 1.29 is 9.90 Å². The Morgan fingerprint density at radius 1 is 1.48 bits per heavy atom. The van der Waals surface area contributed by atoms with Gasteiger partial charge in [0, 0.05) is 23.2 Å². The second-order valence-corrected chi connectivity index (χ2v) is 7.56. The molecule has 0 spiro atoms. The normalized spacial score (nSPS) is 17.4. The molecule has 3 N–H and O–H groups in total. The summed E-state index contributed by atoms with van der Waals surface area (Å²) in [6, 6.07) is 1.77. The summed E-state index contributed by atoms with van der Waals surface area (Å²) in [4.78, 5) is 22.6. The van der Waals surface area contributed by atoms with Crippen LogP contribution in [0.1, 0.15) is 23.4 Å². The molecule has 1 amide bonds. The summed E-state index contributed by atoms with van der Waals surface area (Å²) in [7, 11) is 0. The third kappa shape index (κ3) is 2.17. The number of anilines is 1. The van der Waals surface area contributed by atoms with E-state index in [0.29, 0.717) is 18.0 Å². The zero-order chi connectivity index (χ0) is 16.1. The van der Waals surface area contributed by atoms with Crippen molar-refractivity contribution in [3.05, 3.63) is 28.9 Å². The van der Waals surface area contributed by atoms with E-state index in [9.17, 15) is 9.90 Å². The Balaban J connectivity index is 1.85. The van der Waals surface area contributed by atoms with Crippen molar-refractivity contribution >= 4 is 44.0 Å². The number of hydrogen-bond donors (Lipinski definition) is 2. The molecule has 1 atom stereocenters. The first kappa shape index (κ1) is 14.4. The van der Waals surface area contributed by atoms with Gasteiger partial charge in [-0.1, -0.05) is 0 Å². The molecule has 0 unspecified atom stereocenters. The van der Waals surface area contributed by atoms with E-state index in [1.54, 1.807) is 23.7 Å². The van der Waals surface area contributed by atoms with Crippen LogP contribution in [0.25, 0.3) is 20.8 Å². The highest BCUT2D eigenvalue weighted by molar-refractivity contribution is 7.22. The van der Waals surface area contributed by atoms with Gasteiger partial charge in [-0.3, -0.25) is 4.98 Å². The summed E-state index contributed by atoms with van der Waals surface area (Å²) < 4.78 is 1.07. The molecule has 1 aliphatic heterocycles. The fourth-order valence-corrected chi connectivity index (χ4v) is 5.31. The van der Waals surface area contributed by atoms with Gasteiger partial charge in [-0.2, -0.15) is 0 Å². The molecule has 0 aliphatic carbocycles. The molecule has 23 heavy (non-hydrogen) atoms. The quantitative estimate of drug-likeness (QED) is 0.702. The van der Waals surface area contributed by atoms with Crippen LogP contribution in [0.4, 0.5) is 9.80 Å². The number of fused-ring (bicyclic) bond motifs is 2. The molecule has 0 aromatic carbocycles. The van der Waals surface area contributed by atoms with Crippen molar-refractivity contribution in [3.63, 3.8) is 0 Å². The summed E-state index contributed by atoms with van der Waals surface area (Å²) >= 11 is 3.07. The topological polar surface area (TPSA) is 92.3 Å². The Kier molecular flexibility index (Phi) is 3.24. The van der Waals surface area contributed by atoms with Crippen LogP contribution in [0.15, 0.2) is 18.5 Å². The van der Waals surface area contributed by atoms with Crippen LogP contribution in [0, 0.1) is 0 Å². The van der Waals surface area contributed by atoms with E-state index in [1.807, 2.05) is 13.0 Å². The Morgan fingerprint density at radius 3 is 3.04 bits per heavy atom. The molecule has 8 heteroatoms. The number of nitrogen functional groups attached to an aromatic ring is 1. The van der Waals surface area contributed by atoms with Gasteiger partial charge in [-0.05, 0) is 25.0 Å². The Hall–Kier alpha value is -2.19. The van der Waals surface area contributed by atoms with E-state index in [-0.39, 0.29) is 6.04 Å². The zero-order valence-electron chi connectivity index (χ0n) is 12.3. The molecule has 3 aromatic heterocycles. The van der Waals surface area contributed by atoms with E-state index in [2.05, 4.69) is 9.97 Å². The van der Waals surface area contributed by atoms with Gasteiger partial charge in [0.2, 0.25) is 0 Å². The van der Waals surface area contributed by atoms with Crippen LogP contribution in [-0.4, -0.2) is 32.6 Å². The number of aromatic nitrogens is 2. The molecular weight excluding hydrogens is 332 g/mol. The summed E-state index contributed by atoms with van der Waals surface area (Å²) in [5, 5.41) is 10.9. The average Bonchev–Trinajstić information content (AvgIpc) is 3.07. The van der Waals surface area contributed by atoms with Gasteiger partial charge in [-0.15, -0.1) is 22.7 Å². The third-order valence-corrected chi connectivity index (χ3v) is 6.45. The average molecular weight is 346 g/mol. The van der Waals surface area contributed by atoms with Gasteiger partial charge in [0.15, 0.2) is 0 Å². The predicted molar refractivity (Wildman–Crippen MR) is 92.0 cm³/mol. The molecule has 4 heterocycles. The molecule has 1 aliphatic rings. The lowest BCUT2D eigenvalue weighted by Gasteiger charge is -2.31. The SMILES string of the molecule is C[C@@H]1c2sc(N)c(-c3nc4cnccc4s3)c2CCN1C(=O)O. The molecular formula is C15H14N4O2S2. The molecule has 0 bridgehead atoms. The van der Waals surface area contributed by atoms with E-state index < -0.39 is 6.09 Å². The number of carboxylic acid groups (broad SMARTS) is 1. The van der Waals surface area contributed by atoms with E-state index in [0.717, 1.165) is 31.2 Å². The maximum absolute atomic E-state index is 11.3. The number of thiophene rings is 1. The first-order valence-corrected chi connectivity index (χ1v) is 8.81. The van der Waals surface area contributed by atoms with E-state index in [1.165, 1.54) is 16.2 Å². The van der Waals surface area contributed by atoms with Gasteiger partial charge in [0.25, 0.3) is 0 Å². The van der Waals surface area contributed by atoms with Crippen molar-refractivity contribution in [1.29, 1.82) is 0 Å². The van der Waals surface area contributed by atoms with Crippen LogP contribution >= 0.6 is 22.7 Å². The van der Waals surface area contributed by atoms with Gasteiger partial charge in [-0.25, -0.2) is 9.78 Å². The lowest BCUT2D eigenvalue weighted by molar-refractivity contribution is 0.125. The standard InChI is InChI=1S/C15H14N4O2S2/c1-7-12-8(3-5-19(7)15(20)21)11(13(16)23-12)14-18-9-6-17-4-2-10(9)22-14/h2,4,6-7H,3,5,16H2,1H3,(H,20,21)/t7-/m1/s1. The number of rotatable bonds is 1. The highest BCUT2D eigenvalue weighted by Crippen LogP contribution is 2.47. The van der Waals surface area contributed by atoms with Crippen molar-refractivity contribution in [2.75, 3.05) is 12.3 Å². The van der Waals surface area contributed by atoms with E-state index >= 15 is 0 Å². The van der Waals surface area contributed by atoms with Crippen LogP contribution < -0.4 is 5.73 Å². The predicted octanol–water partition coefficient (Wildman–Crippen LogP) is 3.60. The number of amides is 1. The minimum atomic E-state index is -0.886. The van der Waals surface area contributed by atoms with Gasteiger partial charge < -0.3 is 15.7 Å². The van der Waals surface area contributed by atoms with Crippen molar-refractivity contribution in [1.82, 2.24) is 14.9 Å². The summed E-state index contributed by atoms with van der Waals surface area (Å²) in [5.74, 6) is 0. The van der Waals surface area contributed by atoms with E-state index in [4.69, 9.17) is 5.73 Å². The van der Waals surface area contributed by atoms with Crippen LogP contribution in [0.2, 0.25) is 0 Å². The Labute approximate surface area is 140 Å². The molecule has 3 aromatic rings. The number of pyridine rings is 1. The highest BCUT2D eigenvalue weighted by Gasteiger charge is 2.33. The minimum absolute atomic E-state index is 0.173. The second-order valence-electron chi connectivity index (χ2n) is 5.45. The first-order valence-electron chi connectivity index (χ1n) is 7.17. The Morgan fingerprint density at radius 2 is 2.30 bits per heavy atom. The summed E-state index contributed by atoms with van der Waals surface area (Å²) in [6.45, 7) is 2.40. The molecule has 0 radical (unpaired) electrons. The number of nitrogens with zero attached hydrogens (tertiary/aromatic N) is 3. The number of nitrogens with two attached hydrogens (primary N) is 1. The molecule has 4 rings (SSSR count). The van der Waals surface area contributed by atoms with Crippen molar-refractivity contribution in [3.8, 4) is 10.6 Å². The van der Waals surface area contributed by atoms with Crippen molar-refractivity contribution in [2.24, 2.45) is 0 Å². The fraction of sp³-hybridized carbons (Fsp3) is 0.267. The number of thiazole rings is 1. The van der Waals surface area contributed by atoms with Gasteiger partial charge in [0.1, 0.15) is 10.5 Å². The molecule has 0 saturated heterocycles. The molecule has 6 nitrogen and oxygen atoms in total. The maximum Gasteiger partial charge on any atom is 0.407 e. The lowest BCUT2D eigenvalue weighted by Crippen LogP contribution is -2.37. The fourth-order valence-electron chi connectivity index (χ4n) is 3.04.